The lowest BCUT2D eigenvalue weighted by atomic mass is 10.1. The maximum atomic E-state index is 12.8. The lowest BCUT2D eigenvalue weighted by Gasteiger charge is -2.09. The number of nitrogens with one attached hydrogen (secondary N) is 2. The van der Waals surface area contributed by atoms with Crippen molar-refractivity contribution in [1.82, 2.24) is 10.7 Å². The summed E-state index contributed by atoms with van der Waals surface area (Å²) in [6, 6.07) is 26.0. The number of hydrogen-bond acceptors (Lipinski definition) is 3. The van der Waals surface area contributed by atoms with Crippen molar-refractivity contribution < 1.29 is 9.59 Å². The van der Waals surface area contributed by atoms with Crippen LogP contribution in [0, 0.1) is 0 Å². The van der Waals surface area contributed by atoms with Gasteiger partial charge in [0, 0.05) is 10.0 Å². The van der Waals surface area contributed by atoms with E-state index in [1.807, 2.05) is 73.7 Å². The third kappa shape index (κ3) is 7.18. The summed E-state index contributed by atoms with van der Waals surface area (Å²) in [6.45, 7) is 1.86. The molecule has 0 fully saturated rings. The molecule has 0 unspecified atom stereocenters. The van der Waals surface area contributed by atoms with Crippen molar-refractivity contribution in [2.45, 2.75) is 6.92 Å². The van der Waals surface area contributed by atoms with Crippen LogP contribution in [-0.4, -0.2) is 18.0 Å². The van der Waals surface area contributed by atoms with Gasteiger partial charge in [-0.15, -0.1) is 0 Å². The minimum absolute atomic E-state index is 0.0925. The van der Waals surface area contributed by atoms with Crippen molar-refractivity contribution in [3.63, 3.8) is 0 Å². The Labute approximate surface area is 195 Å². The molecule has 0 radical (unpaired) electrons. The van der Waals surface area contributed by atoms with Gasteiger partial charge in [0.1, 0.15) is 5.70 Å². The van der Waals surface area contributed by atoms with Crippen LogP contribution < -0.4 is 10.7 Å². The normalized spacial score (nSPS) is 11.9. The van der Waals surface area contributed by atoms with E-state index in [-0.39, 0.29) is 11.6 Å². The topological polar surface area (TPSA) is 70.6 Å². The summed E-state index contributed by atoms with van der Waals surface area (Å²) in [7, 11) is 0. The number of halogens is 1. The first-order valence-corrected chi connectivity index (χ1v) is 10.7. The highest BCUT2D eigenvalue weighted by Gasteiger charge is 2.14. The summed E-state index contributed by atoms with van der Waals surface area (Å²) in [4.78, 5) is 25.4. The second-order valence-electron chi connectivity index (χ2n) is 6.93. The van der Waals surface area contributed by atoms with Gasteiger partial charge in [-0.1, -0.05) is 82.7 Å². The summed E-state index contributed by atoms with van der Waals surface area (Å²) < 4.78 is 0.908. The lowest BCUT2D eigenvalue weighted by Crippen LogP contribution is -2.33. The van der Waals surface area contributed by atoms with Crippen LogP contribution >= 0.6 is 15.9 Å². The fourth-order valence-corrected chi connectivity index (χ4v) is 3.25. The van der Waals surface area contributed by atoms with E-state index < -0.39 is 5.91 Å². The fraction of sp³-hybridized carbons (Fsp3) is 0.0385. The van der Waals surface area contributed by atoms with Gasteiger partial charge < -0.3 is 5.32 Å². The van der Waals surface area contributed by atoms with Gasteiger partial charge in [-0.25, -0.2) is 5.43 Å². The summed E-state index contributed by atoms with van der Waals surface area (Å²) in [5, 5.41) is 6.71. The molecule has 3 aromatic carbocycles. The van der Waals surface area contributed by atoms with Gasteiger partial charge in [-0.2, -0.15) is 5.10 Å². The van der Waals surface area contributed by atoms with E-state index in [1.54, 1.807) is 30.3 Å². The van der Waals surface area contributed by atoms with Crippen LogP contribution in [0.15, 0.2) is 112 Å². The number of carbonyl (C=O) groups excluding carboxylic acids is 2. The lowest BCUT2D eigenvalue weighted by molar-refractivity contribution is -0.117. The molecule has 0 saturated heterocycles. The number of nitrogens with zero attached hydrogens (tertiary/aromatic N) is 1. The van der Waals surface area contributed by atoms with Crippen LogP contribution in [0.3, 0.4) is 0 Å². The van der Waals surface area contributed by atoms with Crippen LogP contribution in [0.4, 0.5) is 0 Å². The van der Waals surface area contributed by atoms with Gasteiger partial charge >= 0.3 is 0 Å². The number of hydrogen-bond donors (Lipinski definition) is 2. The first-order valence-electron chi connectivity index (χ1n) is 9.92. The largest absolute Gasteiger partial charge is 0.317 e. The number of amides is 2. The molecular weight excluding hydrogens is 466 g/mol. The highest BCUT2D eigenvalue weighted by atomic mass is 79.9. The number of carbonyl (C=O) groups is 2. The fourth-order valence-electron chi connectivity index (χ4n) is 2.84. The Bertz CT molecular complexity index is 1170. The predicted molar refractivity (Wildman–Crippen MR) is 132 cm³/mol. The van der Waals surface area contributed by atoms with Crippen LogP contribution in [0.1, 0.15) is 28.4 Å². The zero-order valence-corrected chi connectivity index (χ0v) is 19.0. The van der Waals surface area contributed by atoms with Crippen molar-refractivity contribution in [1.29, 1.82) is 0 Å². The Morgan fingerprint density at radius 1 is 0.875 bits per heavy atom. The van der Waals surface area contributed by atoms with Crippen molar-refractivity contribution in [3.05, 3.63) is 123 Å². The average Bonchev–Trinajstić information content (AvgIpc) is 2.80. The summed E-state index contributed by atoms with van der Waals surface area (Å²) >= 11 is 3.40. The van der Waals surface area contributed by atoms with E-state index in [9.17, 15) is 9.59 Å². The van der Waals surface area contributed by atoms with Crippen LogP contribution in [-0.2, 0) is 4.79 Å². The van der Waals surface area contributed by atoms with Crippen LogP contribution in [0.2, 0.25) is 0 Å². The Morgan fingerprint density at radius 3 is 2.22 bits per heavy atom. The first-order chi connectivity index (χ1) is 15.5. The van der Waals surface area contributed by atoms with E-state index in [2.05, 4.69) is 31.8 Å². The Balaban J connectivity index is 1.81. The number of hydrazone groups is 1. The Morgan fingerprint density at radius 2 is 1.53 bits per heavy atom. The maximum absolute atomic E-state index is 12.8. The van der Waals surface area contributed by atoms with E-state index in [1.165, 1.54) is 6.21 Å². The summed E-state index contributed by atoms with van der Waals surface area (Å²) in [6.07, 6.45) is 5.08. The maximum Gasteiger partial charge on any atom is 0.287 e. The number of allylic oxidation sites excluding steroid dienone is 2. The number of rotatable bonds is 7. The molecule has 0 aliphatic rings. The van der Waals surface area contributed by atoms with E-state index in [4.69, 9.17) is 0 Å². The molecular formula is C26H22BrN3O2. The van der Waals surface area contributed by atoms with Gasteiger partial charge in [0.15, 0.2) is 0 Å². The Hall–Kier alpha value is -3.77. The molecule has 3 aromatic rings. The van der Waals surface area contributed by atoms with Gasteiger partial charge in [-0.3, -0.25) is 9.59 Å². The molecule has 160 valence electrons. The smallest absolute Gasteiger partial charge is 0.287 e. The third-order valence-corrected chi connectivity index (χ3v) is 4.82. The van der Waals surface area contributed by atoms with E-state index in [0.29, 0.717) is 5.56 Å². The predicted octanol–water partition coefficient (Wildman–Crippen LogP) is 5.32. The monoisotopic (exact) mass is 487 g/mol. The molecule has 0 bridgehead atoms. The number of benzene rings is 3. The van der Waals surface area contributed by atoms with Gasteiger partial charge in [0.2, 0.25) is 0 Å². The van der Waals surface area contributed by atoms with Crippen molar-refractivity contribution >= 4 is 40.0 Å². The van der Waals surface area contributed by atoms with Crippen LogP contribution in [0.25, 0.3) is 6.08 Å². The zero-order valence-electron chi connectivity index (χ0n) is 17.5. The quantitative estimate of drug-likeness (QED) is 0.205. The second-order valence-corrected chi connectivity index (χ2v) is 7.85. The molecule has 0 saturated carbocycles. The molecule has 0 aromatic heterocycles. The van der Waals surface area contributed by atoms with Crippen LogP contribution in [0.5, 0.6) is 0 Å². The first kappa shape index (κ1) is 22.9. The minimum atomic E-state index is -0.527. The van der Waals surface area contributed by atoms with Gasteiger partial charge in [0.25, 0.3) is 11.8 Å². The highest BCUT2D eigenvalue weighted by Crippen LogP contribution is 2.11. The molecule has 0 aliphatic heterocycles. The Kier molecular flexibility index (Phi) is 8.29. The van der Waals surface area contributed by atoms with Crippen molar-refractivity contribution in [2.24, 2.45) is 5.10 Å². The van der Waals surface area contributed by atoms with E-state index in [0.717, 1.165) is 21.2 Å². The molecule has 0 atom stereocenters. The standard InChI is InChI=1S/C26H22BrN3O2/c1-19(15-20-9-4-2-5-10-20)16-24(29-25(31)22-12-6-3-7-13-22)26(32)30-28-18-21-11-8-14-23(27)17-21/h2-18H,1H3,(H,29,31)(H,30,32)/b19-15+,24-16-,28-18-. The van der Waals surface area contributed by atoms with Gasteiger partial charge in [-0.05, 0) is 54.0 Å². The molecule has 32 heavy (non-hydrogen) atoms. The molecule has 3 rings (SSSR count). The van der Waals surface area contributed by atoms with E-state index >= 15 is 0 Å². The van der Waals surface area contributed by atoms with Crippen molar-refractivity contribution in [3.8, 4) is 0 Å². The minimum Gasteiger partial charge on any atom is -0.317 e. The molecule has 5 nitrogen and oxygen atoms in total. The molecule has 0 spiro atoms. The molecule has 6 heteroatoms. The average molecular weight is 488 g/mol. The molecule has 0 heterocycles. The van der Waals surface area contributed by atoms with Crippen molar-refractivity contribution in [2.75, 3.05) is 0 Å². The molecule has 2 amide bonds. The second kappa shape index (κ2) is 11.6. The molecule has 2 N–H and O–H groups in total. The SMILES string of the molecule is CC(/C=C(\NC(=O)c1ccccc1)C(=O)N/N=C\c1cccc(Br)c1)=C\c1ccccc1. The zero-order chi connectivity index (χ0) is 22.8. The molecule has 0 aliphatic carbocycles. The summed E-state index contributed by atoms with van der Waals surface area (Å²) in [5.74, 6) is -0.906. The summed E-state index contributed by atoms with van der Waals surface area (Å²) in [5.41, 5.74) is 5.63. The third-order valence-electron chi connectivity index (χ3n) is 4.32. The highest BCUT2D eigenvalue weighted by molar-refractivity contribution is 9.10. The van der Waals surface area contributed by atoms with Gasteiger partial charge in [0.05, 0.1) is 6.21 Å².